The third kappa shape index (κ3) is 6.30. The van der Waals surface area contributed by atoms with Gasteiger partial charge in [-0.3, -0.25) is 4.79 Å². The van der Waals surface area contributed by atoms with E-state index in [4.69, 9.17) is 0 Å². The molecule has 5 saturated carbocycles. The number of hydrogen-bond donors (Lipinski definition) is 2. The molecule has 0 radical (unpaired) electrons. The molecule has 5 nitrogen and oxygen atoms in total. The van der Waals surface area contributed by atoms with Crippen LogP contribution in [0.15, 0.2) is 29.2 Å². The van der Waals surface area contributed by atoms with Crippen LogP contribution >= 0.6 is 0 Å². The summed E-state index contributed by atoms with van der Waals surface area (Å²) in [6.07, 6.45) is 16.2. The Morgan fingerprint density at radius 3 is 2.26 bits per heavy atom. The summed E-state index contributed by atoms with van der Waals surface area (Å²) in [7, 11) is -3.63. The molecule has 5 aliphatic rings. The van der Waals surface area contributed by atoms with Crippen LogP contribution in [0.3, 0.4) is 0 Å². The SMILES string of the molecule is CC[C@H]1[C@@H](O)[C@@H]2[C@H](CC[C@]3(C)[C@@H]([C@H](C)CCCC(=O)CS(=O)(=O)c4ccc(C5CCCCC5)cc4)CC[C@@H]23)[C@@]2(C)CC[C@@H](O)C[C@@H]12. The average Bonchev–Trinajstić information content (AvgIpc) is 3.39. The Morgan fingerprint density at radius 2 is 1.57 bits per heavy atom. The predicted octanol–water partition coefficient (Wildman–Crippen LogP) is 8.51. The Bertz CT molecular complexity index is 1320. The van der Waals surface area contributed by atoms with E-state index in [0.717, 1.165) is 38.5 Å². The number of benzene rings is 1. The number of hydrogen-bond acceptors (Lipinski definition) is 5. The van der Waals surface area contributed by atoms with Crippen LogP contribution in [-0.4, -0.2) is 42.4 Å². The van der Waals surface area contributed by atoms with Gasteiger partial charge in [0.15, 0.2) is 9.84 Å². The first-order valence-corrected chi connectivity index (χ1v) is 20.7. The van der Waals surface area contributed by atoms with E-state index in [1.807, 2.05) is 12.1 Å². The molecule has 2 N–H and O–H groups in total. The Kier molecular flexibility index (Phi) is 10.2. The predicted molar refractivity (Wildman–Crippen MR) is 184 cm³/mol. The molecule has 258 valence electrons. The van der Waals surface area contributed by atoms with E-state index < -0.39 is 15.6 Å². The molecule has 0 heterocycles. The van der Waals surface area contributed by atoms with Crippen LogP contribution in [0.4, 0.5) is 0 Å². The van der Waals surface area contributed by atoms with E-state index in [2.05, 4.69) is 27.7 Å². The van der Waals surface area contributed by atoms with Crippen molar-refractivity contribution in [3.8, 4) is 0 Å². The number of sulfone groups is 1. The Hall–Kier alpha value is -1.24. The highest BCUT2D eigenvalue weighted by Crippen LogP contribution is 2.69. The molecular weight excluding hydrogens is 593 g/mol. The van der Waals surface area contributed by atoms with E-state index >= 15 is 0 Å². The molecule has 1 aromatic carbocycles. The minimum Gasteiger partial charge on any atom is -0.393 e. The lowest BCUT2D eigenvalue weighted by atomic mass is 9.41. The minimum atomic E-state index is -3.63. The van der Waals surface area contributed by atoms with E-state index in [1.165, 1.54) is 63.4 Å². The summed E-state index contributed by atoms with van der Waals surface area (Å²) >= 11 is 0. The van der Waals surface area contributed by atoms with Gasteiger partial charge in [0.25, 0.3) is 0 Å². The van der Waals surface area contributed by atoms with Gasteiger partial charge in [-0.25, -0.2) is 8.42 Å². The monoisotopic (exact) mass is 654 g/mol. The summed E-state index contributed by atoms with van der Waals surface area (Å²) < 4.78 is 26.2. The third-order valence-electron chi connectivity index (χ3n) is 14.9. The molecule has 5 fully saturated rings. The second-order valence-corrected chi connectivity index (χ2v) is 19.2. The molecule has 6 heteroatoms. The number of carbonyl (C=O) groups is 1. The van der Waals surface area contributed by atoms with Crippen molar-refractivity contribution in [3.05, 3.63) is 29.8 Å². The highest BCUT2D eigenvalue weighted by atomic mass is 32.2. The minimum absolute atomic E-state index is 0.170. The maximum atomic E-state index is 13.1. The molecule has 0 spiro atoms. The largest absolute Gasteiger partial charge is 0.393 e. The summed E-state index contributed by atoms with van der Waals surface area (Å²) in [5.41, 5.74) is 1.65. The molecule has 0 saturated heterocycles. The highest BCUT2D eigenvalue weighted by Gasteiger charge is 2.64. The Labute approximate surface area is 279 Å². The quantitative estimate of drug-likeness (QED) is 0.264. The van der Waals surface area contributed by atoms with Crippen LogP contribution in [0.2, 0.25) is 0 Å². The average molecular weight is 655 g/mol. The highest BCUT2D eigenvalue weighted by molar-refractivity contribution is 7.92. The summed E-state index contributed by atoms with van der Waals surface area (Å²) in [6.45, 7) is 9.59. The molecule has 46 heavy (non-hydrogen) atoms. The lowest BCUT2D eigenvalue weighted by Gasteiger charge is -2.64. The van der Waals surface area contributed by atoms with Crippen LogP contribution in [0.1, 0.15) is 142 Å². The number of aliphatic hydroxyl groups is 2. The van der Waals surface area contributed by atoms with Crippen LogP contribution in [0.5, 0.6) is 0 Å². The van der Waals surface area contributed by atoms with Crippen LogP contribution in [-0.2, 0) is 14.6 Å². The van der Waals surface area contributed by atoms with Gasteiger partial charge in [0.05, 0.1) is 17.1 Å². The molecule has 1 aromatic rings. The van der Waals surface area contributed by atoms with Gasteiger partial charge in [0.1, 0.15) is 11.5 Å². The van der Waals surface area contributed by atoms with Crippen LogP contribution < -0.4 is 0 Å². The van der Waals surface area contributed by atoms with Crippen molar-refractivity contribution in [2.24, 2.45) is 52.3 Å². The molecule has 0 aromatic heterocycles. The van der Waals surface area contributed by atoms with Crippen molar-refractivity contribution in [1.29, 1.82) is 0 Å². The van der Waals surface area contributed by atoms with Gasteiger partial charge in [0.2, 0.25) is 0 Å². The topological polar surface area (TPSA) is 91.7 Å². The van der Waals surface area contributed by atoms with Crippen molar-refractivity contribution < 1.29 is 23.4 Å². The van der Waals surface area contributed by atoms with Gasteiger partial charge in [-0.05, 0) is 140 Å². The summed E-state index contributed by atoms with van der Waals surface area (Å²) in [6, 6.07) is 7.35. The van der Waals surface area contributed by atoms with E-state index in [1.54, 1.807) is 12.1 Å². The molecule has 11 atom stereocenters. The molecule has 0 unspecified atom stereocenters. The van der Waals surface area contributed by atoms with Gasteiger partial charge in [0, 0.05) is 6.42 Å². The zero-order valence-corrected chi connectivity index (χ0v) is 29.9. The summed E-state index contributed by atoms with van der Waals surface area (Å²) in [5, 5.41) is 22.5. The lowest BCUT2D eigenvalue weighted by molar-refractivity contribution is -0.203. The fraction of sp³-hybridized carbons (Fsp3) is 0.825. The molecule has 0 bridgehead atoms. The standard InChI is InChI=1S/C40H62O5S/c1-5-32-36-24-29(41)20-22-40(36,4)35-21-23-39(3)33(18-19-34(39)37(35)38(32)43)26(2)10-9-13-30(42)25-46(44,45)31-16-14-28(15-17-31)27-11-7-6-8-12-27/h14-17,26-27,29,32-38,41,43H,5-13,18-25H2,1-4H3/t26-,29-,32-,33-,34+,35+,36+,37+,38-,39-,40-/m1/s1. The normalized spacial score (nSPS) is 40.5. The van der Waals surface area contributed by atoms with Crippen LogP contribution in [0.25, 0.3) is 0 Å². The molecule has 6 rings (SSSR count). The number of fused-ring (bicyclic) bond motifs is 5. The van der Waals surface area contributed by atoms with Crippen molar-refractivity contribution in [2.75, 3.05) is 5.75 Å². The molecule has 5 aliphatic carbocycles. The summed E-state index contributed by atoms with van der Waals surface area (Å²) in [5.74, 6) is 3.12. The fourth-order valence-electron chi connectivity index (χ4n) is 12.5. The second-order valence-electron chi connectivity index (χ2n) is 17.2. The fourth-order valence-corrected chi connectivity index (χ4v) is 13.8. The number of Topliss-reactive ketones (excluding diaryl/α,β-unsaturated/α-hetero) is 1. The van der Waals surface area contributed by atoms with Crippen molar-refractivity contribution in [2.45, 2.75) is 153 Å². The third-order valence-corrected chi connectivity index (χ3v) is 16.6. The Morgan fingerprint density at radius 1 is 0.891 bits per heavy atom. The van der Waals surface area contributed by atoms with Gasteiger partial charge in [-0.1, -0.05) is 71.9 Å². The molecule has 0 amide bonds. The van der Waals surface area contributed by atoms with Gasteiger partial charge < -0.3 is 10.2 Å². The molecule has 0 aliphatic heterocycles. The van der Waals surface area contributed by atoms with E-state index in [9.17, 15) is 23.4 Å². The van der Waals surface area contributed by atoms with Crippen molar-refractivity contribution in [1.82, 2.24) is 0 Å². The number of ketones is 1. The second kappa shape index (κ2) is 13.6. The van der Waals surface area contributed by atoms with Gasteiger partial charge in [-0.2, -0.15) is 0 Å². The maximum Gasteiger partial charge on any atom is 0.185 e. The van der Waals surface area contributed by atoms with Crippen LogP contribution in [0, 0.1) is 52.3 Å². The lowest BCUT2D eigenvalue weighted by Crippen LogP contribution is -2.62. The number of aliphatic hydroxyl groups excluding tert-OH is 2. The molecular formula is C40H62O5S. The maximum absolute atomic E-state index is 13.1. The zero-order chi connectivity index (χ0) is 32.9. The van der Waals surface area contributed by atoms with E-state index in [0.29, 0.717) is 47.8 Å². The first-order valence-electron chi connectivity index (χ1n) is 19.1. The summed E-state index contributed by atoms with van der Waals surface area (Å²) in [4.78, 5) is 13.2. The van der Waals surface area contributed by atoms with E-state index in [-0.39, 0.29) is 39.6 Å². The van der Waals surface area contributed by atoms with Crippen molar-refractivity contribution >= 4 is 15.6 Å². The van der Waals surface area contributed by atoms with Gasteiger partial charge >= 0.3 is 0 Å². The Balaban J connectivity index is 1.04. The zero-order valence-electron chi connectivity index (χ0n) is 29.1. The first kappa shape index (κ1) is 34.6. The number of rotatable bonds is 10. The van der Waals surface area contributed by atoms with Crippen molar-refractivity contribution in [3.63, 3.8) is 0 Å². The first-order chi connectivity index (χ1) is 21.9. The van der Waals surface area contributed by atoms with Gasteiger partial charge in [-0.15, -0.1) is 0 Å². The number of carbonyl (C=O) groups excluding carboxylic acids is 1. The smallest absolute Gasteiger partial charge is 0.185 e.